The van der Waals surface area contributed by atoms with Gasteiger partial charge in [-0.3, -0.25) is 10.1 Å². The van der Waals surface area contributed by atoms with Gasteiger partial charge in [-0.05, 0) is 31.2 Å². The van der Waals surface area contributed by atoms with Crippen molar-refractivity contribution in [2.45, 2.75) is 11.8 Å². The average molecular weight is 372 g/mol. The van der Waals surface area contributed by atoms with Crippen molar-refractivity contribution in [2.75, 3.05) is 0 Å². The van der Waals surface area contributed by atoms with Crippen LogP contribution in [0, 0.1) is 17.0 Å². The van der Waals surface area contributed by atoms with Gasteiger partial charge in [0.25, 0.3) is 0 Å². The third-order valence-electron chi connectivity index (χ3n) is 2.63. The van der Waals surface area contributed by atoms with Crippen LogP contribution < -0.4 is 4.18 Å². The third-order valence-corrected chi connectivity index (χ3v) is 4.37. The summed E-state index contributed by atoms with van der Waals surface area (Å²) in [6, 6.07) is 9.88. The van der Waals surface area contributed by atoms with Gasteiger partial charge >= 0.3 is 15.8 Å². The lowest BCUT2D eigenvalue weighted by atomic mass is 10.2. The fraction of sp³-hybridized carbons (Fsp3) is 0.0769. The second kappa shape index (κ2) is 5.82. The van der Waals surface area contributed by atoms with Crippen LogP contribution >= 0.6 is 15.9 Å². The third kappa shape index (κ3) is 3.59. The first-order valence-electron chi connectivity index (χ1n) is 5.75. The molecule has 0 saturated heterocycles. The first-order valence-corrected chi connectivity index (χ1v) is 7.95. The molecule has 0 amide bonds. The first kappa shape index (κ1) is 15.5. The van der Waals surface area contributed by atoms with Crippen LogP contribution in [-0.2, 0) is 10.1 Å². The molecule has 2 aromatic rings. The highest BCUT2D eigenvalue weighted by Gasteiger charge is 2.23. The highest BCUT2D eigenvalue weighted by Crippen LogP contribution is 2.32. The number of halogens is 1. The number of nitro benzene ring substituents is 1. The molecule has 21 heavy (non-hydrogen) atoms. The molecule has 0 unspecified atom stereocenters. The van der Waals surface area contributed by atoms with E-state index in [1.165, 1.54) is 30.3 Å². The van der Waals surface area contributed by atoms with Crippen LogP contribution in [0.25, 0.3) is 0 Å². The molecular formula is C13H10BrNO5S. The Hall–Kier alpha value is -1.93. The van der Waals surface area contributed by atoms with E-state index in [4.69, 9.17) is 4.18 Å². The molecule has 8 heteroatoms. The zero-order valence-electron chi connectivity index (χ0n) is 10.8. The SMILES string of the molecule is Cc1ccc(S(=O)(=O)Oc2ccc(Br)cc2[N+](=O)[O-])cc1. The van der Waals surface area contributed by atoms with Crippen LogP contribution in [0.3, 0.4) is 0 Å². The quantitative estimate of drug-likeness (QED) is 0.466. The summed E-state index contributed by atoms with van der Waals surface area (Å²) in [5, 5.41) is 11.0. The average Bonchev–Trinajstić information content (AvgIpc) is 2.41. The maximum absolute atomic E-state index is 12.1. The molecular weight excluding hydrogens is 362 g/mol. The van der Waals surface area contributed by atoms with E-state index >= 15 is 0 Å². The summed E-state index contributed by atoms with van der Waals surface area (Å²) in [4.78, 5) is 10.2. The maximum atomic E-state index is 12.1. The molecule has 0 fully saturated rings. The first-order chi connectivity index (χ1) is 9.79. The maximum Gasteiger partial charge on any atom is 0.339 e. The number of hydrogen-bond acceptors (Lipinski definition) is 5. The molecule has 0 N–H and O–H groups in total. The van der Waals surface area contributed by atoms with Crippen molar-refractivity contribution in [1.29, 1.82) is 0 Å². The van der Waals surface area contributed by atoms with Crippen molar-refractivity contribution in [3.05, 3.63) is 62.6 Å². The second-order valence-corrected chi connectivity index (χ2v) is 6.68. The highest BCUT2D eigenvalue weighted by molar-refractivity contribution is 9.10. The Kier molecular flexibility index (Phi) is 4.29. The van der Waals surface area contributed by atoms with Gasteiger partial charge in [0.15, 0.2) is 0 Å². The van der Waals surface area contributed by atoms with E-state index in [1.807, 2.05) is 6.92 Å². The van der Waals surface area contributed by atoms with Crippen LogP contribution in [0.15, 0.2) is 51.8 Å². The predicted octanol–water partition coefficient (Wildman–Crippen LogP) is 3.43. The van der Waals surface area contributed by atoms with E-state index in [-0.39, 0.29) is 10.6 Å². The lowest BCUT2D eigenvalue weighted by molar-refractivity contribution is -0.385. The molecule has 2 aromatic carbocycles. The predicted molar refractivity (Wildman–Crippen MR) is 79.8 cm³/mol. The Morgan fingerprint density at radius 1 is 1.14 bits per heavy atom. The van der Waals surface area contributed by atoms with Gasteiger partial charge in [-0.1, -0.05) is 33.6 Å². The normalized spacial score (nSPS) is 11.1. The largest absolute Gasteiger partial charge is 0.372 e. The van der Waals surface area contributed by atoms with Gasteiger partial charge in [-0.2, -0.15) is 8.42 Å². The minimum Gasteiger partial charge on any atom is -0.372 e. The zero-order chi connectivity index (χ0) is 15.6. The summed E-state index contributed by atoms with van der Waals surface area (Å²) in [7, 11) is -4.12. The number of rotatable bonds is 4. The molecule has 0 heterocycles. The molecule has 0 bridgehead atoms. The van der Waals surface area contributed by atoms with Crippen molar-refractivity contribution >= 4 is 31.7 Å². The van der Waals surface area contributed by atoms with Gasteiger partial charge in [-0.25, -0.2) is 0 Å². The number of nitrogens with zero attached hydrogens (tertiary/aromatic N) is 1. The van der Waals surface area contributed by atoms with Crippen LogP contribution in [-0.4, -0.2) is 13.3 Å². The van der Waals surface area contributed by atoms with Crippen LogP contribution in [0.1, 0.15) is 5.56 Å². The van der Waals surface area contributed by atoms with Crippen LogP contribution in [0.4, 0.5) is 5.69 Å². The molecule has 0 aliphatic heterocycles. The number of nitro groups is 1. The summed E-state index contributed by atoms with van der Waals surface area (Å²) >= 11 is 3.09. The molecule has 0 aliphatic rings. The summed E-state index contributed by atoms with van der Waals surface area (Å²) in [5.41, 5.74) is 0.462. The fourth-order valence-corrected chi connectivity index (χ4v) is 2.87. The van der Waals surface area contributed by atoms with Gasteiger partial charge in [0.2, 0.25) is 5.75 Å². The Morgan fingerprint density at radius 3 is 2.33 bits per heavy atom. The lowest BCUT2D eigenvalue weighted by Gasteiger charge is -2.08. The summed E-state index contributed by atoms with van der Waals surface area (Å²) in [6.07, 6.45) is 0. The van der Waals surface area contributed by atoms with Gasteiger partial charge < -0.3 is 4.18 Å². The molecule has 110 valence electrons. The lowest BCUT2D eigenvalue weighted by Crippen LogP contribution is -2.10. The van der Waals surface area contributed by atoms with Crippen molar-refractivity contribution < 1.29 is 17.5 Å². The number of hydrogen-bond donors (Lipinski definition) is 0. The summed E-state index contributed by atoms with van der Waals surface area (Å²) < 4.78 is 29.6. The van der Waals surface area contributed by atoms with E-state index in [2.05, 4.69) is 15.9 Å². The number of benzene rings is 2. The van der Waals surface area contributed by atoms with Crippen LogP contribution in [0.2, 0.25) is 0 Å². The van der Waals surface area contributed by atoms with Gasteiger partial charge in [0.05, 0.1) is 4.92 Å². The Labute approximate surface area is 129 Å². The number of aryl methyl sites for hydroxylation is 1. The molecule has 0 spiro atoms. The Morgan fingerprint density at radius 2 is 1.76 bits per heavy atom. The fourth-order valence-electron chi connectivity index (χ4n) is 1.57. The molecule has 2 rings (SSSR count). The second-order valence-electron chi connectivity index (χ2n) is 4.22. The molecule has 0 saturated carbocycles. The van der Waals surface area contributed by atoms with E-state index in [1.54, 1.807) is 12.1 Å². The minimum absolute atomic E-state index is 0.0645. The van der Waals surface area contributed by atoms with Gasteiger partial charge in [-0.15, -0.1) is 0 Å². The van der Waals surface area contributed by atoms with Gasteiger partial charge in [0.1, 0.15) is 4.90 Å². The van der Waals surface area contributed by atoms with E-state index in [0.29, 0.717) is 4.47 Å². The molecule has 6 nitrogen and oxygen atoms in total. The Balaban J connectivity index is 2.41. The van der Waals surface area contributed by atoms with Gasteiger partial charge in [0, 0.05) is 10.5 Å². The summed E-state index contributed by atoms with van der Waals surface area (Å²) in [6.45, 7) is 1.82. The van der Waals surface area contributed by atoms with Crippen molar-refractivity contribution in [2.24, 2.45) is 0 Å². The smallest absolute Gasteiger partial charge is 0.339 e. The summed E-state index contributed by atoms with van der Waals surface area (Å²) in [5.74, 6) is -0.330. The molecule has 0 aromatic heterocycles. The van der Waals surface area contributed by atoms with Crippen molar-refractivity contribution in [3.63, 3.8) is 0 Å². The molecule has 0 aliphatic carbocycles. The minimum atomic E-state index is -4.12. The Bertz CT molecular complexity index is 787. The van der Waals surface area contributed by atoms with Crippen molar-refractivity contribution in [3.8, 4) is 5.75 Å². The molecule has 0 atom stereocenters. The zero-order valence-corrected chi connectivity index (χ0v) is 13.2. The standard InChI is InChI=1S/C13H10BrNO5S/c1-9-2-5-11(6-3-9)21(18,19)20-13-7-4-10(14)8-12(13)15(16)17/h2-8H,1H3. The monoisotopic (exact) mass is 371 g/mol. The molecule has 0 radical (unpaired) electrons. The van der Waals surface area contributed by atoms with Crippen molar-refractivity contribution in [1.82, 2.24) is 0 Å². The topological polar surface area (TPSA) is 86.5 Å². The highest BCUT2D eigenvalue weighted by atomic mass is 79.9. The van der Waals surface area contributed by atoms with Crippen LogP contribution in [0.5, 0.6) is 5.75 Å². The van der Waals surface area contributed by atoms with E-state index < -0.39 is 20.7 Å². The van der Waals surface area contributed by atoms with E-state index in [9.17, 15) is 18.5 Å². The van der Waals surface area contributed by atoms with E-state index in [0.717, 1.165) is 5.56 Å².